The molecule has 0 aliphatic rings. The van der Waals surface area contributed by atoms with E-state index in [2.05, 4.69) is 17.4 Å². The van der Waals surface area contributed by atoms with Crippen LogP contribution in [0.5, 0.6) is 0 Å². The maximum atomic E-state index is 11.9. The van der Waals surface area contributed by atoms with E-state index in [4.69, 9.17) is 11.6 Å². The monoisotopic (exact) mass is 305 g/mol. The average Bonchev–Trinajstić information content (AvgIpc) is 2.48. The Labute approximate surface area is 128 Å². The van der Waals surface area contributed by atoms with Crippen molar-refractivity contribution in [2.24, 2.45) is 0 Å². The van der Waals surface area contributed by atoms with Gasteiger partial charge in [0.2, 0.25) is 0 Å². The Morgan fingerprint density at radius 3 is 2.65 bits per heavy atom. The zero-order chi connectivity index (χ0) is 14.2. The number of hydrogen-bond acceptors (Lipinski definition) is 2. The van der Waals surface area contributed by atoms with E-state index < -0.39 is 0 Å². The Bertz CT molecular complexity index is 559. The van der Waals surface area contributed by atoms with Crippen LogP contribution in [0.15, 0.2) is 54.6 Å². The van der Waals surface area contributed by atoms with Crippen LogP contribution in [-0.4, -0.2) is 18.2 Å². The highest BCUT2D eigenvalue weighted by molar-refractivity contribution is 7.98. The van der Waals surface area contributed by atoms with E-state index in [0.29, 0.717) is 17.1 Å². The molecule has 2 nitrogen and oxygen atoms in total. The molecule has 1 amide bonds. The lowest BCUT2D eigenvalue weighted by molar-refractivity contribution is 0.0956. The summed E-state index contributed by atoms with van der Waals surface area (Å²) in [6.45, 7) is 0.656. The number of rotatable bonds is 6. The quantitative estimate of drug-likeness (QED) is 0.817. The van der Waals surface area contributed by atoms with Gasteiger partial charge >= 0.3 is 0 Å². The molecule has 0 spiro atoms. The molecule has 0 saturated heterocycles. The second-order valence-electron chi connectivity index (χ2n) is 4.30. The molecule has 0 aliphatic carbocycles. The molecule has 1 N–H and O–H groups in total. The number of halogens is 1. The second kappa shape index (κ2) is 7.98. The third kappa shape index (κ3) is 4.91. The normalized spacial score (nSPS) is 10.2. The summed E-state index contributed by atoms with van der Waals surface area (Å²) in [5.74, 6) is 1.78. The number of amides is 1. The van der Waals surface area contributed by atoms with Crippen LogP contribution in [0.25, 0.3) is 0 Å². The molecule has 0 bridgehead atoms. The molecule has 0 aliphatic heterocycles. The molecule has 20 heavy (non-hydrogen) atoms. The van der Waals surface area contributed by atoms with Crippen LogP contribution in [0.3, 0.4) is 0 Å². The number of nitrogens with one attached hydrogen (secondary N) is 1. The van der Waals surface area contributed by atoms with Crippen molar-refractivity contribution in [3.8, 4) is 0 Å². The summed E-state index contributed by atoms with van der Waals surface area (Å²) < 4.78 is 0. The van der Waals surface area contributed by atoms with Crippen molar-refractivity contribution in [1.29, 1.82) is 0 Å². The van der Waals surface area contributed by atoms with Crippen molar-refractivity contribution in [3.05, 3.63) is 70.7 Å². The van der Waals surface area contributed by atoms with Gasteiger partial charge in [0.05, 0.1) is 0 Å². The summed E-state index contributed by atoms with van der Waals surface area (Å²) in [6, 6.07) is 17.3. The molecule has 0 saturated carbocycles. The van der Waals surface area contributed by atoms with Gasteiger partial charge in [0.15, 0.2) is 0 Å². The smallest absolute Gasteiger partial charge is 0.251 e. The molecular weight excluding hydrogens is 290 g/mol. The van der Waals surface area contributed by atoms with Crippen LogP contribution in [-0.2, 0) is 5.75 Å². The van der Waals surface area contributed by atoms with E-state index in [0.717, 1.165) is 11.5 Å². The van der Waals surface area contributed by atoms with Gasteiger partial charge in [0.25, 0.3) is 5.91 Å². The highest BCUT2D eigenvalue weighted by Gasteiger charge is 2.04. The molecule has 2 aromatic carbocycles. The van der Waals surface area contributed by atoms with Gasteiger partial charge in [-0.3, -0.25) is 4.79 Å². The van der Waals surface area contributed by atoms with E-state index in [1.54, 1.807) is 36.0 Å². The Morgan fingerprint density at radius 1 is 1.10 bits per heavy atom. The van der Waals surface area contributed by atoms with Crippen molar-refractivity contribution in [2.75, 3.05) is 12.3 Å². The van der Waals surface area contributed by atoms with Gasteiger partial charge in [0, 0.05) is 28.6 Å². The molecule has 2 aromatic rings. The summed E-state index contributed by atoms with van der Waals surface area (Å²) in [4.78, 5) is 11.9. The molecular formula is C16H16ClNOS. The maximum absolute atomic E-state index is 11.9. The van der Waals surface area contributed by atoms with Gasteiger partial charge in [-0.25, -0.2) is 0 Å². The number of carbonyl (C=O) groups is 1. The average molecular weight is 306 g/mol. The molecule has 2 rings (SSSR count). The lowest BCUT2D eigenvalue weighted by atomic mass is 10.2. The molecule has 4 heteroatoms. The van der Waals surface area contributed by atoms with Crippen molar-refractivity contribution in [1.82, 2.24) is 5.32 Å². The summed E-state index contributed by atoms with van der Waals surface area (Å²) in [7, 11) is 0. The second-order valence-corrected chi connectivity index (χ2v) is 5.85. The highest BCUT2D eigenvalue weighted by atomic mass is 35.5. The van der Waals surface area contributed by atoms with Gasteiger partial charge in [-0.15, -0.1) is 0 Å². The summed E-state index contributed by atoms with van der Waals surface area (Å²) in [5.41, 5.74) is 1.91. The maximum Gasteiger partial charge on any atom is 0.251 e. The van der Waals surface area contributed by atoms with E-state index in [1.807, 2.05) is 18.2 Å². The number of hydrogen-bond donors (Lipinski definition) is 1. The van der Waals surface area contributed by atoms with Gasteiger partial charge in [-0.2, -0.15) is 11.8 Å². The molecule has 0 heterocycles. The molecule has 104 valence electrons. The summed E-state index contributed by atoms with van der Waals surface area (Å²) in [6.07, 6.45) is 0. The fourth-order valence-corrected chi connectivity index (χ4v) is 2.74. The number of benzene rings is 2. The molecule has 0 unspecified atom stereocenters. The van der Waals surface area contributed by atoms with Crippen molar-refractivity contribution >= 4 is 29.3 Å². The Balaban J connectivity index is 1.67. The predicted molar refractivity (Wildman–Crippen MR) is 86.4 cm³/mol. The fourth-order valence-electron chi connectivity index (χ4n) is 1.73. The minimum atomic E-state index is -0.0761. The van der Waals surface area contributed by atoms with Crippen LogP contribution < -0.4 is 5.32 Å². The SMILES string of the molecule is O=C(NCCSCc1ccccc1)c1cccc(Cl)c1. The third-order valence-electron chi connectivity index (χ3n) is 2.73. The van der Waals surface area contributed by atoms with E-state index >= 15 is 0 Å². The van der Waals surface area contributed by atoms with Gasteiger partial charge < -0.3 is 5.32 Å². The minimum absolute atomic E-state index is 0.0761. The standard InChI is InChI=1S/C16H16ClNOS/c17-15-8-4-7-14(11-15)16(19)18-9-10-20-12-13-5-2-1-3-6-13/h1-8,11H,9-10,12H2,(H,18,19). The Hall–Kier alpha value is -1.45. The molecule has 0 aromatic heterocycles. The van der Waals surface area contributed by atoms with Gasteiger partial charge in [-0.05, 0) is 23.8 Å². The van der Waals surface area contributed by atoms with E-state index in [9.17, 15) is 4.79 Å². The van der Waals surface area contributed by atoms with Gasteiger partial charge in [0.1, 0.15) is 0 Å². The lowest BCUT2D eigenvalue weighted by Crippen LogP contribution is -2.25. The van der Waals surface area contributed by atoms with Crippen LogP contribution in [0.2, 0.25) is 5.02 Å². The van der Waals surface area contributed by atoms with Crippen molar-refractivity contribution in [2.45, 2.75) is 5.75 Å². The van der Waals surface area contributed by atoms with Gasteiger partial charge in [-0.1, -0.05) is 48.0 Å². The predicted octanol–water partition coefficient (Wildman–Crippen LogP) is 4.00. The Morgan fingerprint density at radius 2 is 1.90 bits per heavy atom. The first-order valence-electron chi connectivity index (χ1n) is 6.41. The van der Waals surface area contributed by atoms with E-state index in [-0.39, 0.29) is 5.91 Å². The third-order valence-corrected chi connectivity index (χ3v) is 4.00. The van der Waals surface area contributed by atoms with Crippen LogP contribution in [0, 0.1) is 0 Å². The van der Waals surface area contributed by atoms with Crippen LogP contribution >= 0.6 is 23.4 Å². The van der Waals surface area contributed by atoms with Crippen molar-refractivity contribution in [3.63, 3.8) is 0 Å². The van der Waals surface area contributed by atoms with Crippen LogP contribution in [0.4, 0.5) is 0 Å². The first-order valence-corrected chi connectivity index (χ1v) is 7.94. The Kier molecular flexibility index (Phi) is 5.96. The molecule has 0 fully saturated rings. The van der Waals surface area contributed by atoms with Crippen molar-refractivity contribution < 1.29 is 4.79 Å². The molecule has 0 radical (unpaired) electrons. The van der Waals surface area contributed by atoms with E-state index in [1.165, 1.54) is 5.56 Å². The largest absolute Gasteiger partial charge is 0.351 e. The topological polar surface area (TPSA) is 29.1 Å². The summed E-state index contributed by atoms with van der Waals surface area (Å²) in [5, 5.41) is 3.47. The first kappa shape index (κ1) is 14.9. The fraction of sp³-hybridized carbons (Fsp3) is 0.188. The minimum Gasteiger partial charge on any atom is -0.351 e. The zero-order valence-electron chi connectivity index (χ0n) is 11.0. The lowest BCUT2D eigenvalue weighted by Gasteiger charge is -2.05. The molecule has 0 atom stereocenters. The number of carbonyl (C=O) groups excluding carboxylic acids is 1. The number of thioether (sulfide) groups is 1. The zero-order valence-corrected chi connectivity index (χ0v) is 12.6. The highest BCUT2D eigenvalue weighted by Crippen LogP contribution is 2.12. The van der Waals surface area contributed by atoms with Crippen LogP contribution in [0.1, 0.15) is 15.9 Å². The first-order chi connectivity index (χ1) is 9.75. The summed E-state index contributed by atoms with van der Waals surface area (Å²) >= 11 is 7.66.